The molecule has 0 unspecified atom stereocenters. The Morgan fingerprint density at radius 3 is 2.97 bits per heavy atom. The predicted molar refractivity (Wildman–Crippen MR) is 109 cm³/mol. The third kappa shape index (κ3) is 2.67. The van der Waals surface area contributed by atoms with Gasteiger partial charge >= 0.3 is 0 Å². The van der Waals surface area contributed by atoms with Crippen molar-refractivity contribution in [2.75, 3.05) is 12.8 Å². The van der Waals surface area contributed by atoms with E-state index in [9.17, 15) is 4.79 Å². The predicted octanol–water partition coefficient (Wildman–Crippen LogP) is 3.12. The molecule has 0 saturated heterocycles. The van der Waals surface area contributed by atoms with Crippen LogP contribution < -0.4 is 11.1 Å². The topological polar surface area (TPSA) is 102 Å². The van der Waals surface area contributed by atoms with E-state index in [0.717, 1.165) is 25.2 Å². The number of anilines is 1. The van der Waals surface area contributed by atoms with E-state index < -0.39 is 0 Å². The highest BCUT2D eigenvalue weighted by Crippen LogP contribution is 2.34. The summed E-state index contributed by atoms with van der Waals surface area (Å²) in [6.07, 6.45) is 5.32. The lowest BCUT2D eigenvalue weighted by Crippen LogP contribution is -2.18. The standard InChI is InChI=1S/C21H19FN6O/c1-24-21(29)14-9-25-20(23)19-13(14)8-15(27-19)11-4-2-5-12(18(11)22)16-10-28-7-3-6-17(28)26-16/h2,4-5,8-10,27H,3,6-7H2,1H3,(H2,23,25)(H,24,29). The molecular formula is C21H19FN6O. The molecular weight excluding hydrogens is 371 g/mol. The Hall–Kier alpha value is -3.68. The number of halogens is 1. The van der Waals surface area contributed by atoms with E-state index in [1.54, 1.807) is 31.3 Å². The van der Waals surface area contributed by atoms with Crippen LogP contribution in [0, 0.1) is 5.82 Å². The van der Waals surface area contributed by atoms with Crippen molar-refractivity contribution < 1.29 is 9.18 Å². The number of aryl methyl sites for hydroxylation is 2. The summed E-state index contributed by atoms with van der Waals surface area (Å²) in [6, 6.07) is 6.94. The number of carbonyl (C=O) groups is 1. The van der Waals surface area contributed by atoms with E-state index in [1.807, 2.05) is 6.20 Å². The second-order valence-electron chi connectivity index (χ2n) is 7.11. The lowest BCUT2D eigenvalue weighted by molar-refractivity contribution is 0.0964. The van der Waals surface area contributed by atoms with Crippen LogP contribution in [-0.4, -0.2) is 32.5 Å². The van der Waals surface area contributed by atoms with Crippen LogP contribution in [-0.2, 0) is 13.0 Å². The summed E-state index contributed by atoms with van der Waals surface area (Å²) in [5, 5.41) is 3.18. The number of amides is 1. The molecule has 7 nitrogen and oxygen atoms in total. The van der Waals surface area contributed by atoms with Gasteiger partial charge in [-0.1, -0.05) is 6.07 Å². The van der Waals surface area contributed by atoms with Gasteiger partial charge in [-0.05, 0) is 24.6 Å². The first-order chi connectivity index (χ1) is 14.1. The zero-order valence-corrected chi connectivity index (χ0v) is 15.8. The number of aromatic amines is 1. The molecule has 1 aliphatic rings. The van der Waals surface area contributed by atoms with Crippen LogP contribution >= 0.6 is 0 Å². The molecule has 0 spiro atoms. The fourth-order valence-corrected chi connectivity index (χ4v) is 3.92. The van der Waals surface area contributed by atoms with E-state index >= 15 is 4.39 Å². The average Bonchev–Trinajstić information content (AvgIpc) is 3.42. The molecule has 0 saturated carbocycles. The van der Waals surface area contributed by atoms with E-state index in [4.69, 9.17) is 5.73 Å². The maximum Gasteiger partial charge on any atom is 0.253 e. The molecule has 8 heteroatoms. The number of nitrogens with two attached hydrogens (primary N) is 1. The minimum Gasteiger partial charge on any atom is -0.382 e. The van der Waals surface area contributed by atoms with Crippen molar-refractivity contribution >= 4 is 22.6 Å². The molecule has 5 rings (SSSR count). The number of carbonyl (C=O) groups excluding carboxylic acids is 1. The number of nitrogens with zero attached hydrogens (tertiary/aromatic N) is 3. The van der Waals surface area contributed by atoms with E-state index in [0.29, 0.717) is 39.0 Å². The molecule has 29 heavy (non-hydrogen) atoms. The fraction of sp³-hybridized carbons (Fsp3) is 0.190. The highest BCUT2D eigenvalue weighted by atomic mass is 19.1. The third-order valence-electron chi connectivity index (χ3n) is 5.39. The van der Waals surface area contributed by atoms with Gasteiger partial charge in [-0.2, -0.15) is 0 Å². The van der Waals surface area contributed by atoms with Crippen LogP contribution in [0.15, 0.2) is 36.7 Å². The van der Waals surface area contributed by atoms with Crippen LogP contribution in [0.2, 0.25) is 0 Å². The monoisotopic (exact) mass is 390 g/mol. The third-order valence-corrected chi connectivity index (χ3v) is 5.39. The summed E-state index contributed by atoms with van der Waals surface area (Å²) >= 11 is 0. The molecule has 0 aliphatic carbocycles. The summed E-state index contributed by atoms with van der Waals surface area (Å²) in [5.41, 5.74) is 8.84. The normalized spacial score (nSPS) is 13.0. The van der Waals surface area contributed by atoms with E-state index in [-0.39, 0.29) is 17.5 Å². The van der Waals surface area contributed by atoms with Crippen molar-refractivity contribution in [2.45, 2.75) is 19.4 Å². The molecule has 4 N–H and O–H groups in total. The summed E-state index contributed by atoms with van der Waals surface area (Å²) < 4.78 is 17.5. The van der Waals surface area contributed by atoms with Gasteiger partial charge in [0.1, 0.15) is 17.5 Å². The lowest BCUT2D eigenvalue weighted by Gasteiger charge is -2.05. The average molecular weight is 390 g/mol. The van der Waals surface area contributed by atoms with Gasteiger partial charge in [0.05, 0.1) is 16.8 Å². The van der Waals surface area contributed by atoms with Crippen molar-refractivity contribution in [3.05, 3.63) is 53.9 Å². The van der Waals surface area contributed by atoms with Gasteiger partial charge < -0.3 is 20.6 Å². The maximum atomic E-state index is 15.5. The second-order valence-corrected chi connectivity index (χ2v) is 7.11. The molecule has 4 heterocycles. The molecule has 3 aromatic heterocycles. The Kier molecular flexibility index (Phi) is 3.87. The quantitative estimate of drug-likeness (QED) is 0.500. The summed E-state index contributed by atoms with van der Waals surface area (Å²) in [6.45, 7) is 0.917. The molecule has 0 bridgehead atoms. The van der Waals surface area contributed by atoms with Gasteiger partial charge in [0.15, 0.2) is 0 Å². The number of nitrogens with one attached hydrogen (secondary N) is 2. The van der Waals surface area contributed by atoms with Crippen LogP contribution in [0.1, 0.15) is 22.6 Å². The largest absolute Gasteiger partial charge is 0.382 e. The Balaban J connectivity index is 1.65. The van der Waals surface area contributed by atoms with E-state index in [1.165, 1.54) is 6.20 Å². The van der Waals surface area contributed by atoms with Crippen molar-refractivity contribution in [3.8, 4) is 22.5 Å². The summed E-state index contributed by atoms with van der Waals surface area (Å²) in [5.74, 6) is 0.587. The summed E-state index contributed by atoms with van der Waals surface area (Å²) in [4.78, 5) is 24.0. The SMILES string of the molecule is CNC(=O)c1cnc(N)c2[nH]c(-c3cccc(-c4cn5c(n4)CCC5)c3F)cc12. The smallest absolute Gasteiger partial charge is 0.253 e. The van der Waals surface area contributed by atoms with Gasteiger partial charge in [0.25, 0.3) is 5.91 Å². The second kappa shape index (κ2) is 6.44. The van der Waals surface area contributed by atoms with Crippen LogP contribution in [0.25, 0.3) is 33.4 Å². The van der Waals surface area contributed by atoms with Gasteiger partial charge in [0.2, 0.25) is 0 Å². The zero-order chi connectivity index (χ0) is 20.1. The van der Waals surface area contributed by atoms with Crippen molar-refractivity contribution in [2.24, 2.45) is 0 Å². The van der Waals surface area contributed by atoms with Crippen molar-refractivity contribution in [1.29, 1.82) is 0 Å². The number of aromatic nitrogens is 4. The van der Waals surface area contributed by atoms with E-state index in [2.05, 4.69) is 24.8 Å². The van der Waals surface area contributed by atoms with Gasteiger partial charge in [-0.3, -0.25) is 4.79 Å². The molecule has 0 fully saturated rings. The number of hydrogen-bond acceptors (Lipinski definition) is 4. The molecule has 1 aromatic carbocycles. The zero-order valence-electron chi connectivity index (χ0n) is 15.8. The van der Waals surface area contributed by atoms with Crippen molar-refractivity contribution in [3.63, 3.8) is 0 Å². The molecule has 1 amide bonds. The Morgan fingerprint density at radius 2 is 2.17 bits per heavy atom. The minimum absolute atomic E-state index is 0.251. The number of nitrogen functional groups attached to an aromatic ring is 1. The number of H-pyrrole nitrogens is 1. The fourth-order valence-electron chi connectivity index (χ4n) is 3.92. The summed E-state index contributed by atoms with van der Waals surface area (Å²) in [7, 11) is 1.55. The maximum absolute atomic E-state index is 15.5. The number of hydrogen-bond donors (Lipinski definition) is 3. The number of benzene rings is 1. The Labute approximate surface area is 165 Å². The highest BCUT2D eigenvalue weighted by Gasteiger charge is 2.20. The first-order valence-electron chi connectivity index (χ1n) is 9.41. The number of imidazole rings is 1. The Morgan fingerprint density at radius 1 is 1.34 bits per heavy atom. The Bertz CT molecular complexity index is 1250. The number of pyridine rings is 1. The van der Waals surface area contributed by atoms with Gasteiger partial charge in [-0.25, -0.2) is 14.4 Å². The lowest BCUT2D eigenvalue weighted by atomic mass is 10.0. The van der Waals surface area contributed by atoms with Crippen LogP contribution in [0.5, 0.6) is 0 Å². The number of rotatable bonds is 3. The first kappa shape index (κ1) is 17.4. The highest BCUT2D eigenvalue weighted by molar-refractivity contribution is 6.09. The van der Waals surface area contributed by atoms with Crippen LogP contribution in [0.4, 0.5) is 10.2 Å². The molecule has 146 valence electrons. The van der Waals surface area contributed by atoms with Gasteiger partial charge in [0, 0.05) is 54.6 Å². The van der Waals surface area contributed by atoms with Crippen LogP contribution in [0.3, 0.4) is 0 Å². The first-order valence-corrected chi connectivity index (χ1v) is 9.41. The van der Waals surface area contributed by atoms with Gasteiger partial charge in [-0.15, -0.1) is 0 Å². The minimum atomic E-state index is -0.371. The molecule has 0 radical (unpaired) electrons. The number of fused-ring (bicyclic) bond motifs is 2. The molecule has 0 atom stereocenters. The van der Waals surface area contributed by atoms with Crippen molar-refractivity contribution in [1.82, 2.24) is 24.8 Å². The molecule has 1 aliphatic heterocycles. The molecule has 4 aromatic rings.